The summed E-state index contributed by atoms with van der Waals surface area (Å²) < 4.78 is 13.3. The predicted molar refractivity (Wildman–Crippen MR) is 104 cm³/mol. The minimum absolute atomic E-state index is 0.0765. The van der Waals surface area contributed by atoms with E-state index in [0.29, 0.717) is 17.8 Å². The number of amides is 1. The van der Waals surface area contributed by atoms with Crippen molar-refractivity contribution in [1.82, 2.24) is 4.98 Å². The van der Waals surface area contributed by atoms with Gasteiger partial charge in [0.05, 0.1) is 23.3 Å². The van der Waals surface area contributed by atoms with Crippen molar-refractivity contribution < 1.29 is 9.18 Å². The van der Waals surface area contributed by atoms with Crippen molar-refractivity contribution in [2.45, 2.75) is 6.54 Å². The fourth-order valence-corrected chi connectivity index (χ4v) is 3.68. The molecule has 1 aliphatic heterocycles. The number of benzene rings is 3. The number of para-hydroxylation sites is 1. The number of hydrogen-bond acceptors (Lipinski definition) is 2. The van der Waals surface area contributed by atoms with Gasteiger partial charge in [-0.25, -0.2) is 9.37 Å². The van der Waals surface area contributed by atoms with Gasteiger partial charge in [-0.2, -0.15) is 0 Å². The van der Waals surface area contributed by atoms with Crippen LogP contribution in [-0.2, 0) is 6.54 Å². The highest BCUT2D eigenvalue weighted by molar-refractivity contribution is 6.18. The average molecular weight is 354 g/mol. The van der Waals surface area contributed by atoms with Crippen LogP contribution in [-0.4, -0.2) is 10.9 Å². The van der Waals surface area contributed by atoms with Gasteiger partial charge in [0.2, 0.25) is 0 Å². The molecule has 0 fully saturated rings. The number of carbonyl (C=O) groups is 1. The fraction of sp³-hybridized carbons (Fsp3) is 0.0435. The second-order valence-electron chi connectivity index (χ2n) is 6.56. The first-order valence-corrected chi connectivity index (χ1v) is 8.77. The van der Waals surface area contributed by atoms with Crippen molar-refractivity contribution in [2.24, 2.45) is 0 Å². The van der Waals surface area contributed by atoms with Gasteiger partial charge < -0.3 is 4.90 Å². The molecule has 0 radical (unpaired) electrons. The Morgan fingerprint density at radius 3 is 2.33 bits per heavy atom. The molecule has 0 saturated heterocycles. The summed E-state index contributed by atoms with van der Waals surface area (Å²) in [6, 6.07) is 23.6. The molecule has 3 nitrogen and oxygen atoms in total. The highest BCUT2D eigenvalue weighted by Gasteiger charge is 2.33. The summed E-state index contributed by atoms with van der Waals surface area (Å²) in [5.74, 6) is -0.396. The Balaban J connectivity index is 1.75. The Kier molecular flexibility index (Phi) is 3.50. The van der Waals surface area contributed by atoms with E-state index in [4.69, 9.17) is 4.98 Å². The molecule has 0 saturated carbocycles. The number of pyridine rings is 1. The number of hydrogen-bond donors (Lipinski definition) is 0. The molecule has 3 aromatic carbocycles. The van der Waals surface area contributed by atoms with Gasteiger partial charge >= 0.3 is 0 Å². The fourth-order valence-electron chi connectivity index (χ4n) is 3.68. The zero-order valence-corrected chi connectivity index (χ0v) is 14.4. The van der Waals surface area contributed by atoms with Gasteiger partial charge in [0, 0.05) is 22.2 Å². The molecule has 1 aromatic heterocycles. The first kappa shape index (κ1) is 15.7. The van der Waals surface area contributed by atoms with Crippen molar-refractivity contribution in [3.05, 3.63) is 95.8 Å². The SMILES string of the molecule is O=C1c2c(c(-c3ccccc3)nc3ccccc23)CN1c1ccc(F)cc1. The van der Waals surface area contributed by atoms with E-state index in [2.05, 4.69) is 0 Å². The third kappa shape index (κ3) is 2.49. The van der Waals surface area contributed by atoms with Crippen LogP contribution in [0.5, 0.6) is 0 Å². The molecule has 0 bridgehead atoms. The van der Waals surface area contributed by atoms with Crippen LogP contribution >= 0.6 is 0 Å². The van der Waals surface area contributed by atoms with Crippen LogP contribution in [0.15, 0.2) is 78.9 Å². The lowest BCUT2D eigenvalue weighted by Gasteiger charge is -2.15. The van der Waals surface area contributed by atoms with Gasteiger partial charge in [-0.15, -0.1) is 0 Å². The second kappa shape index (κ2) is 6.02. The van der Waals surface area contributed by atoms with E-state index >= 15 is 0 Å². The highest BCUT2D eigenvalue weighted by atomic mass is 19.1. The van der Waals surface area contributed by atoms with E-state index in [1.165, 1.54) is 12.1 Å². The van der Waals surface area contributed by atoms with E-state index in [0.717, 1.165) is 27.7 Å². The van der Waals surface area contributed by atoms with Crippen LogP contribution < -0.4 is 4.90 Å². The third-order valence-corrected chi connectivity index (χ3v) is 4.95. The molecule has 1 amide bonds. The Morgan fingerprint density at radius 1 is 0.852 bits per heavy atom. The molecule has 1 aliphatic rings. The number of aromatic nitrogens is 1. The summed E-state index contributed by atoms with van der Waals surface area (Å²) in [5.41, 5.74) is 4.87. The summed E-state index contributed by atoms with van der Waals surface area (Å²) in [4.78, 5) is 19.8. The van der Waals surface area contributed by atoms with Crippen LogP contribution in [0.2, 0.25) is 0 Å². The maximum atomic E-state index is 13.3. The second-order valence-corrected chi connectivity index (χ2v) is 6.56. The van der Waals surface area contributed by atoms with Gasteiger partial charge in [-0.05, 0) is 30.3 Å². The first-order chi connectivity index (χ1) is 13.2. The molecule has 0 N–H and O–H groups in total. The van der Waals surface area contributed by atoms with Crippen LogP contribution in [0.4, 0.5) is 10.1 Å². The van der Waals surface area contributed by atoms with Crippen LogP contribution in [0.3, 0.4) is 0 Å². The highest BCUT2D eigenvalue weighted by Crippen LogP contribution is 2.37. The van der Waals surface area contributed by atoms with Crippen molar-refractivity contribution in [3.8, 4) is 11.3 Å². The Labute approximate surface area is 155 Å². The van der Waals surface area contributed by atoms with Crippen molar-refractivity contribution in [3.63, 3.8) is 0 Å². The summed E-state index contributed by atoms with van der Waals surface area (Å²) in [6.07, 6.45) is 0. The van der Waals surface area contributed by atoms with Gasteiger partial charge in [-0.1, -0.05) is 48.5 Å². The molecule has 4 heteroatoms. The zero-order valence-electron chi connectivity index (χ0n) is 14.4. The maximum absolute atomic E-state index is 13.3. The van der Waals surface area contributed by atoms with Crippen molar-refractivity contribution >= 4 is 22.5 Å². The minimum Gasteiger partial charge on any atom is -0.304 e. The molecule has 0 unspecified atom stereocenters. The topological polar surface area (TPSA) is 33.2 Å². The summed E-state index contributed by atoms with van der Waals surface area (Å²) in [6.45, 7) is 0.419. The van der Waals surface area contributed by atoms with E-state index < -0.39 is 0 Å². The molecule has 0 atom stereocenters. The average Bonchev–Trinajstić information content (AvgIpc) is 3.06. The number of halogens is 1. The molecular weight excluding hydrogens is 339 g/mol. The largest absolute Gasteiger partial charge is 0.304 e. The van der Waals surface area contributed by atoms with Crippen molar-refractivity contribution in [1.29, 1.82) is 0 Å². The van der Waals surface area contributed by atoms with Gasteiger partial charge in [0.15, 0.2) is 0 Å². The third-order valence-electron chi connectivity index (χ3n) is 4.95. The summed E-state index contributed by atoms with van der Waals surface area (Å²) in [5, 5.41) is 0.849. The monoisotopic (exact) mass is 354 g/mol. The number of carbonyl (C=O) groups excluding carboxylic acids is 1. The zero-order chi connectivity index (χ0) is 18.4. The smallest absolute Gasteiger partial charge is 0.259 e. The standard InChI is InChI=1S/C23H15FN2O/c24-16-10-12-17(13-11-16)26-14-19-21(23(26)27)18-8-4-5-9-20(18)25-22(19)15-6-2-1-3-7-15/h1-13H,14H2. The van der Waals surface area contributed by atoms with E-state index in [1.807, 2.05) is 54.6 Å². The Hall–Kier alpha value is -3.53. The Morgan fingerprint density at radius 2 is 1.56 bits per heavy atom. The molecule has 0 spiro atoms. The number of rotatable bonds is 2. The van der Waals surface area contributed by atoms with Gasteiger partial charge in [-0.3, -0.25) is 4.79 Å². The lowest BCUT2D eigenvalue weighted by atomic mass is 9.99. The van der Waals surface area contributed by atoms with E-state index in [-0.39, 0.29) is 11.7 Å². The lowest BCUT2D eigenvalue weighted by molar-refractivity contribution is 0.0998. The summed E-state index contributed by atoms with van der Waals surface area (Å²) in [7, 11) is 0. The number of nitrogens with zero attached hydrogens (tertiary/aromatic N) is 2. The number of fused-ring (bicyclic) bond motifs is 3. The molecule has 5 rings (SSSR count). The quantitative estimate of drug-likeness (QED) is 0.496. The molecule has 4 aromatic rings. The lowest BCUT2D eigenvalue weighted by Crippen LogP contribution is -2.23. The van der Waals surface area contributed by atoms with Gasteiger partial charge in [0.25, 0.3) is 5.91 Å². The molecule has 0 aliphatic carbocycles. The predicted octanol–water partition coefficient (Wildman–Crippen LogP) is 5.20. The van der Waals surface area contributed by atoms with E-state index in [9.17, 15) is 9.18 Å². The maximum Gasteiger partial charge on any atom is 0.259 e. The molecular formula is C23H15FN2O. The molecule has 2 heterocycles. The van der Waals surface area contributed by atoms with Crippen molar-refractivity contribution in [2.75, 3.05) is 4.90 Å². The number of anilines is 1. The van der Waals surface area contributed by atoms with Crippen LogP contribution in [0.25, 0.3) is 22.2 Å². The molecule has 130 valence electrons. The van der Waals surface area contributed by atoms with E-state index in [1.54, 1.807) is 17.0 Å². The summed E-state index contributed by atoms with van der Waals surface area (Å²) >= 11 is 0. The first-order valence-electron chi connectivity index (χ1n) is 8.77. The Bertz CT molecular complexity index is 1170. The van der Waals surface area contributed by atoms with Crippen LogP contribution in [0, 0.1) is 5.82 Å². The normalized spacial score (nSPS) is 13.2. The van der Waals surface area contributed by atoms with Gasteiger partial charge in [0.1, 0.15) is 5.82 Å². The minimum atomic E-state index is -0.319. The van der Waals surface area contributed by atoms with Crippen LogP contribution in [0.1, 0.15) is 15.9 Å². The molecule has 27 heavy (non-hydrogen) atoms.